The van der Waals surface area contributed by atoms with Crippen molar-refractivity contribution in [3.8, 4) is 0 Å². The normalized spacial score (nSPS) is 10.4. The van der Waals surface area contributed by atoms with E-state index in [0.29, 0.717) is 11.3 Å². The lowest BCUT2D eigenvalue weighted by Gasteiger charge is -2.04. The average Bonchev–Trinajstić information content (AvgIpc) is 2.55. The summed E-state index contributed by atoms with van der Waals surface area (Å²) in [5, 5.41) is 16.7. The molecule has 0 bridgehead atoms. The SMILES string of the molecule is O=C(N/N=C\c1cccc([N+](=O)[O-])c1)C(=O)Nc1cccc(Br)c1. The van der Waals surface area contributed by atoms with E-state index in [-0.39, 0.29) is 5.69 Å². The van der Waals surface area contributed by atoms with Gasteiger partial charge < -0.3 is 5.32 Å². The number of nitro benzene ring substituents is 1. The van der Waals surface area contributed by atoms with Crippen molar-refractivity contribution >= 4 is 45.3 Å². The number of nitro groups is 1. The highest BCUT2D eigenvalue weighted by molar-refractivity contribution is 9.10. The number of rotatable bonds is 4. The number of carbonyl (C=O) groups is 2. The van der Waals surface area contributed by atoms with Gasteiger partial charge in [0.2, 0.25) is 0 Å². The molecule has 122 valence electrons. The Bertz CT molecular complexity index is 823. The molecule has 0 spiro atoms. The van der Waals surface area contributed by atoms with Crippen LogP contribution in [-0.4, -0.2) is 23.0 Å². The molecule has 2 N–H and O–H groups in total. The molecule has 0 aromatic heterocycles. The zero-order chi connectivity index (χ0) is 17.5. The Hall–Kier alpha value is -3.07. The van der Waals surface area contributed by atoms with Crippen LogP contribution in [0.5, 0.6) is 0 Å². The second-order valence-corrected chi connectivity index (χ2v) is 5.43. The number of hydrogen-bond donors (Lipinski definition) is 2. The predicted molar refractivity (Wildman–Crippen MR) is 91.6 cm³/mol. The number of nitrogens with one attached hydrogen (secondary N) is 2. The molecule has 0 fully saturated rings. The molecule has 0 aliphatic rings. The van der Waals surface area contributed by atoms with Crippen molar-refractivity contribution in [3.05, 3.63) is 68.7 Å². The molecule has 0 aliphatic carbocycles. The summed E-state index contributed by atoms with van der Waals surface area (Å²) < 4.78 is 0.754. The van der Waals surface area contributed by atoms with E-state index < -0.39 is 16.7 Å². The van der Waals surface area contributed by atoms with Crippen molar-refractivity contribution in [2.24, 2.45) is 5.10 Å². The van der Waals surface area contributed by atoms with Crippen molar-refractivity contribution in [1.29, 1.82) is 0 Å². The first-order chi connectivity index (χ1) is 11.5. The molecule has 0 heterocycles. The molecule has 24 heavy (non-hydrogen) atoms. The highest BCUT2D eigenvalue weighted by Crippen LogP contribution is 2.15. The molecule has 0 radical (unpaired) electrons. The summed E-state index contributed by atoms with van der Waals surface area (Å²) in [5.41, 5.74) is 2.82. The van der Waals surface area contributed by atoms with Crippen LogP contribution in [0.3, 0.4) is 0 Å². The lowest BCUT2D eigenvalue weighted by Crippen LogP contribution is -2.32. The number of non-ortho nitro benzene ring substituents is 1. The molecule has 8 nitrogen and oxygen atoms in total. The van der Waals surface area contributed by atoms with E-state index in [1.54, 1.807) is 30.3 Å². The molecule has 2 amide bonds. The van der Waals surface area contributed by atoms with E-state index >= 15 is 0 Å². The van der Waals surface area contributed by atoms with E-state index in [0.717, 1.165) is 4.47 Å². The summed E-state index contributed by atoms with van der Waals surface area (Å²) >= 11 is 3.25. The number of benzene rings is 2. The molecule has 2 aromatic rings. The fourth-order valence-corrected chi connectivity index (χ4v) is 2.09. The molecule has 2 rings (SSSR count). The molecule has 2 aromatic carbocycles. The van der Waals surface area contributed by atoms with Crippen LogP contribution < -0.4 is 10.7 Å². The van der Waals surface area contributed by atoms with Crippen LogP contribution in [-0.2, 0) is 9.59 Å². The Labute approximate surface area is 144 Å². The lowest BCUT2D eigenvalue weighted by molar-refractivity contribution is -0.384. The molecule has 0 unspecified atom stereocenters. The van der Waals surface area contributed by atoms with Crippen LogP contribution in [0, 0.1) is 10.1 Å². The van der Waals surface area contributed by atoms with Crippen LogP contribution in [0.2, 0.25) is 0 Å². The highest BCUT2D eigenvalue weighted by Gasteiger charge is 2.13. The smallest absolute Gasteiger partial charge is 0.318 e. The van der Waals surface area contributed by atoms with E-state index in [1.165, 1.54) is 24.4 Å². The minimum Gasteiger partial charge on any atom is -0.318 e. The third-order valence-corrected chi connectivity index (χ3v) is 3.24. The first kappa shape index (κ1) is 17.3. The maximum atomic E-state index is 11.7. The number of nitrogens with zero attached hydrogens (tertiary/aromatic N) is 2. The summed E-state index contributed by atoms with van der Waals surface area (Å²) in [6.45, 7) is 0. The summed E-state index contributed by atoms with van der Waals surface area (Å²) in [6.07, 6.45) is 1.21. The van der Waals surface area contributed by atoms with Crippen molar-refractivity contribution in [2.45, 2.75) is 0 Å². The Kier molecular flexibility index (Phi) is 5.74. The predicted octanol–water partition coefficient (Wildman–Crippen LogP) is 2.45. The van der Waals surface area contributed by atoms with Crippen LogP contribution >= 0.6 is 15.9 Å². The van der Waals surface area contributed by atoms with Gasteiger partial charge in [-0.1, -0.05) is 34.1 Å². The number of carbonyl (C=O) groups excluding carboxylic acids is 2. The van der Waals surface area contributed by atoms with Crippen molar-refractivity contribution in [1.82, 2.24) is 5.43 Å². The summed E-state index contributed by atoms with van der Waals surface area (Å²) in [5.74, 6) is -1.85. The number of halogens is 1. The summed E-state index contributed by atoms with van der Waals surface area (Å²) in [6, 6.07) is 12.4. The van der Waals surface area contributed by atoms with Gasteiger partial charge in [0, 0.05) is 27.9 Å². The van der Waals surface area contributed by atoms with Gasteiger partial charge in [-0.05, 0) is 18.2 Å². The molecule has 0 saturated carbocycles. The summed E-state index contributed by atoms with van der Waals surface area (Å²) in [7, 11) is 0. The zero-order valence-corrected chi connectivity index (χ0v) is 13.7. The minimum absolute atomic E-state index is 0.0994. The first-order valence-corrected chi connectivity index (χ1v) is 7.39. The third kappa shape index (κ3) is 4.99. The lowest BCUT2D eigenvalue weighted by atomic mass is 10.2. The van der Waals surface area contributed by atoms with Gasteiger partial charge in [-0.2, -0.15) is 5.10 Å². The maximum Gasteiger partial charge on any atom is 0.329 e. The molecular formula is C15H11BrN4O4. The van der Waals surface area contributed by atoms with E-state index in [9.17, 15) is 19.7 Å². The average molecular weight is 391 g/mol. The number of hydrazone groups is 1. The molecule has 0 aliphatic heterocycles. The van der Waals surface area contributed by atoms with Crippen LogP contribution in [0.4, 0.5) is 11.4 Å². The third-order valence-electron chi connectivity index (χ3n) is 2.75. The second kappa shape index (κ2) is 7.97. The van der Waals surface area contributed by atoms with Crippen molar-refractivity contribution < 1.29 is 14.5 Å². The number of anilines is 1. The standard InChI is InChI=1S/C15H11BrN4O4/c16-11-4-2-5-12(8-11)18-14(21)15(22)19-17-9-10-3-1-6-13(7-10)20(23)24/h1-9H,(H,18,21)(H,19,22)/b17-9-. The molecular weight excluding hydrogens is 380 g/mol. The molecule has 0 saturated heterocycles. The van der Waals surface area contributed by atoms with Gasteiger partial charge >= 0.3 is 11.8 Å². The van der Waals surface area contributed by atoms with Gasteiger partial charge in [0.25, 0.3) is 5.69 Å². The minimum atomic E-state index is -0.961. The van der Waals surface area contributed by atoms with Crippen LogP contribution in [0.25, 0.3) is 0 Å². The van der Waals surface area contributed by atoms with E-state index in [4.69, 9.17) is 0 Å². The van der Waals surface area contributed by atoms with Gasteiger partial charge in [0.05, 0.1) is 11.1 Å². The largest absolute Gasteiger partial charge is 0.329 e. The molecule has 0 atom stereocenters. The van der Waals surface area contributed by atoms with Crippen molar-refractivity contribution in [2.75, 3.05) is 5.32 Å². The Balaban J connectivity index is 1.93. The van der Waals surface area contributed by atoms with Crippen molar-refractivity contribution in [3.63, 3.8) is 0 Å². The quantitative estimate of drug-likeness (QED) is 0.361. The summed E-state index contributed by atoms with van der Waals surface area (Å²) in [4.78, 5) is 33.5. The van der Waals surface area contributed by atoms with E-state index in [2.05, 4.69) is 31.8 Å². The monoisotopic (exact) mass is 390 g/mol. The maximum absolute atomic E-state index is 11.7. The van der Waals surface area contributed by atoms with Crippen LogP contribution in [0.15, 0.2) is 58.1 Å². The van der Waals surface area contributed by atoms with Gasteiger partial charge in [-0.15, -0.1) is 0 Å². The fourth-order valence-electron chi connectivity index (χ4n) is 1.69. The second-order valence-electron chi connectivity index (χ2n) is 4.52. The Morgan fingerprint density at radius 3 is 2.58 bits per heavy atom. The van der Waals surface area contributed by atoms with Gasteiger partial charge in [0.15, 0.2) is 0 Å². The number of amides is 2. The van der Waals surface area contributed by atoms with E-state index in [1.807, 2.05) is 0 Å². The van der Waals surface area contributed by atoms with Gasteiger partial charge in [0.1, 0.15) is 0 Å². The van der Waals surface area contributed by atoms with Gasteiger partial charge in [-0.3, -0.25) is 19.7 Å². The number of hydrogen-bond acceptors (Lipinski definition) is 5. The van der Waals surface area contributed by atoms with Crippen LogP contribution in [0.1, 0.15) is 5.56 Å². The zero-order valence-electron chi connectivity index (χ0n) is 12.1. The molecule has 9 heteroatoms. The Morgan fingerprint density at radius 2 is 1.88 bits per heavy atom. The van der Waals surface area contributed by atoms with Gasteiger partial charge in [-0.25, -0.2) is 5.43 Å². The highest BCUT2D eigenvalue weighted by atomic mass is 79.9. The fraction of sp³-hybridized carbons (Fsp3) is 0. The first-order valence-electron chi connectivity index (χ1n) is 6.60. The Morgan fingerprint density at radius 1 is 1.12 bits per heavy atom. The topological polar surface area (TPSA) is 114 Å².